The third-order valence-corrected chi connectivity index (χ3v) is 8.19. The highest BCUT2D eigenvalue weighted by Gasteiger charge is 2.45. The summed E-state index contributed by atoms with van der Waals surface area (Å²) in [7, 11) is -3.26. The predicted octanol–water partition coefficient (Wildman–Crippen LogP) is 2.61. The topological polar surface area (TPSA) is 77.8 Å². The molecular weight excluding hydrogens is 362 g/mol. The molecule has 2 aromatic rings. The van der Waals surface area contributed by atoms with E-state index in [4.69, 9.17) is 0 Å². The Labute approximate surface area is 160 Å². The maximum Gasteiger partial charge on any atom is 0.181 e. The minimum Gasteiger partial charge on any atom is -0.508 e. The van der Waals surface area contributed by atoms with Gasteiger partial charge in [-0.3, -0.25) is 4.90 Å². The molecule has 0 spiro atoms. The third kappa shape index (κ3) is 3.74. The number of phenolic OH excluding ortho intramolecular Hbond substituents is 1. The summed E-state index contributed by atoms with van der Waals surface area (Å²) in [5.41, 5.74) is 0.786. The number of hydrogen-bond donors (Lipinski definition) is 2. The first-order valence-electron chi connectivity index (χ1n) is 9.42. The Kier molecular flexibility index (Phi) is 4.97. The minimum absolute atomic E-state index is 0.187. The number of aromatic hydroxyl groups is 1. The molecule has 0 unspecified atom stereocenters. The first kappa shape index (κ1) is 18.5. The number of aliphatic hydroxyl groups excluding tert-OH is 1. The summed E-state index contributed by atoms with van der Waals surface area (Å²) in [6, 6.07) is 15.4. The second-order valence-corrected chi connectivity index (χ2v) is 10.0. The van der Waals surface area contributed by atoms with Crippen molar-refractivity contribution in [2.75, 3.05) is 19.6 Å². The first-order chi connectivity index (χ1) is 12.9. The lowest BCUT2D eigenvalue weighted by Crippen LogP contribution is -2.29. The van der Waals surface area contributed by atoms with Crippen LogP contribution in [0.15, 0.2) is 59.5 Å². The van der Waals surface area contributed by atoms with Gasteiger partial charge in [0.1, 0.15) is 5.75 Å². The highest BCUT2D eigenvalue weighted by atomic mass is 32.2. The second-order valence-electron chi connectivity index (χ2n) is 7.80. The molecule has 6 heteroatoms. The summed E-state index contributed by atoms with van der Waals surface area (Å²) in [6.45, 7) is 2.20. The number of sulfone groups is 1. The average molecular weight is 388 g/mol. The quantitative estimate of drug-likeness (QED) is 0.825. The number of benzene rings is 2. The molecule has 0 aromatic heterocycles. The van der Waals surface area contributed by atoms with Gasteiger partial charge in [-0.25, -0.2) is 8.42 Å². The van der Waals surface area contributed by atoms with E-state index in [1.54, 1.807) is 48.5 Å². The number of likely N-dealkylation sites (tertiary alicyclic amines) is 1. The second kappa shape index (κ2) is 7.26. The normalized spacial score (nSPS) is 26.8. The van der Waals surface area contributed by atoms with Crippen molar-refractivity contribution in [3.63, 3.8) is 0 Å². The van der Waals surface area contributed by atoms with Gasteiger partial charge in [-0.2, -0.15) is 0 Å². The third-order valence-electron chi connectivity index (χ3n) is 6.00. The fraction of sp³-hybridized carbons (Fsp3) is 0.429. The van der Waals surface area contributed by atoms with E-state index in [0.29, 0.717) is 36.1 Å². The van der Waals surface area contributed by atoms with E-state index < -0.39 is 15.9 Å². The smallest absolute Gasteiger partial charge is 0.181 e. The van der Waals surface area contributed by atoms with Gasteiger partial charge in [0.2, 0.25) is 0 Å². The molecule has 4 rings (SSSR count). The number of nitrogens with zero attached hydrogens (tertiary/aromatic N) is 1. The Balaban J connectivity index is 1.36. The largest absolute Gasteiger partial charge is 0.508 e. The van der Waals surface area contributed by atoms with E-state index in [1.807, 2.05) is 6.07 Å². The molecule has 4 atom stereocenters. The van der Waals surface area contributed by atoms with Gasteiger partial charge in [0, 0.05) is 19.6 Å². The lowest BCUT2D eigenvalue weighted by Gasteiger charge is -2.22. The van der Waals surface area contributed by atoms with Gasteiger partial charge in [0.15, 0.2) is 9.84 Å². The number of phenols is 1. The van der Waals surface area contributed by atoms with Gasteiger partial charge in [0.25, 0.3) is 0 Å². The van der Waals surface area contributed by atoms with E-state index in [0.717, 1.165) is 18.7 Å². The number of aliphatic hydroxyl groups is 1. The fourth-order valence-electron chi connectivity index (χ4n) is 4.59. The summed E-state index contributed by atoms with van der Waals surface area (Å²) in [5, 5.41) is 19.5. The number of fused-ring (bicyclic) bond motifs is 1. The van der Waals surface area contributed by atoms with Crippen LogP contribution in [-0.2, 0) is 9.84 Å². The first-order valence-corrected chi connectivity index (χ1v) is 11.0. The zero-order valence-corrected chi connectivity index (χ0v) is 15.9. The van der Waals surface area contributed by atoms with E-state index in [-0.39, 0.29) is 11.0 Å². The van der Waals surface area contributed by atoms with Crippen LogP contribution in [0, 0.1) is 11.8 Å². The fourth-order valence-corrected chi connectivity index (χ4v) is 6.52. The molecule has 1 heterocycles. The summed E-state index contributed by atoms with van der Waals surface area (Å²) < 4.78 is 25.7. The molecule has 5 nitrogen and oxygen atoms in total. The van der Waals surface area contributed by atoms with Crippen LogP contribution in [-0.4, -0.2) is 48.4 Å². The molecular formula is C21H25NO4S. The molecule has 1 saturated carbocycles. The van der Waals surface area contributed by atoms with Crippen LogP contribution in [0.5, 0.6) is 5.75 Å². The Hall–Kier alpha value is -1.89. The SMILES string of the molecule is O=S(=O)(c1ccccc1)[C@H]1C[C@@H]2CN(C[C@@H](O)c3ccc(O)cc3)C[C@@H]2C1. The summed E-state index contributed by atoms with van der Waals surface area (Å²) in [6.07, 6.45) is 0.801. The van der Waals surface area contributed by atoms with Crippen LogP contribution in [0.4, 0.5) is 0 Å². The monoisotopic (exact) mass is 387 g/mol. The van der Waals surface area contributed by atoms with Gasteiger partial charge in [-0.1, -0.05) is 30.3 Å². The van der Waals surface area contributed by atoms with Crippen molar-refractivity contribution in [2.45, 2.75) is 29.1 Å². The van der Waals surface area contributed by atoms with Gasteiger partial charge in [0.05, 0.1) is 16.2 Å². The van der Waals surface area contributed by atoms with Crippen LogP contribution in [0.2, 0.25) is 0 Å². The van der Waals surface area contributed by atoms with Crippen LogP contribution >= 0.6 is 0 Å². The standard InChI is InChI=1S/C21H25NO4S/c23-18-8-6-15(7-9-18)21(24)14-22-12-16-10-20(11-17(16)13-22)27(25,26)19-4-2-1-3-5-19/h1-9,16-17,20-21,23-24H,10-14H2/t16-,17+,20+,21-/m1/s1. The van der Waals surface area contributed by atoms with E-state index >= 15 is 0 Å². The zero-order valence-electron chi connectivity index (χ0n) is 15.1. The van der Waals surface area contributed by atoms with Crippen LogP contribution in [0.1, 0.15) is 24.5 Å². The Morgan fingerprint density at radius 1 is 0.963 bits per heavy atom. The molecule has 2 aliphatic rings. The molecule has 2 fully saturated rings. The molecule has 1 aliphatic heterocycles. The van der Waals surface area contributed by atoms with Gasteiger partial charge >= 0.3 is 0 Å². The van der Waals surface area contributed by atoms with Crippen molar-refractivity contribution in [3.05, 3.63) is 60.2 Å². The van der Waals surface area contributed by atoms with Crippen molar-refractivity contribution in [2.24, 2.45) is 11.8 Å². The highest BCUT2D eigenvalue weighted by molar-refractivity contribution is 7.92. The number of rotatable bonds is 5. The molecule has 144 valence electrons. The summed E-state index contributed by atoms with van der Waals surface area (Å²) >= 11 is 0. The number of β-amino-alcohol motifs (C(OH)–C–C–N with tert-alkyl or cyclic N) is 1. The van der Waals surface area contributed by atoms with E-state index in [2.05, 4.69) is 4.90 Å². The van der Waals surface area contributed by atoms with Crippen molar-refractivity contribution in [1.82, 2.24) is 4.90 Å². The van der Waals surface area contributed by atoms with Gasteiger partial charge < -0.3 is 10.2 Å². The van der Waals surface area contributed by atoms with Crippen molar-refractivity contribution >= 4 is 9.84 Å². The predicted molar refractivity (Wildman–Crippen MR) is 103 cm³/mol. The van der Waals surface area contributed by atoms with Gasteiger partial charge in [-0.15, -0.1) is 0 Å². The van der Waals surface area contributed by atoms with Crippen molar-refractivity contribution in [3.8, 4) is 5.75 Å². The van der Waals surface area contributed by atoms with E-state index in [1.165, 1.54) is 0 Å². The molecule has 0 bridgehead atoms. The Morgan fingerprint density at radius 3 is 2.15 bits per heavy atom. The molecule has 1 saturated heterocycles. The zero-order chi connectivity index (χ0) is 19.0. The Morgan fingerprint density at radius 2 is 1.56 bits per heavy atom. The van der Waals surface area contributed by atoms with Crippen molar-refractivity contribution < 1.29 is 18.6 Å². The minimum atomic E-state index is -3.26. The molecule has 27 heavy (non-hydrogen) atoms. The Bertz CT molecular complexity index is 868. The lowest BCUT2D eigenvalue weighted by molar-refractivity contribution is 0.122. The molecule has 1 aliphatic carbocycles. The van der Waals surface area contributed by atoms with Crippen molar-refractivity contribution in [1.29, 1.82) is 0 Å². The maximum atomic E-state index is 12.9. The maximum absolute atomic E-state index is 12.9. The van der Waals surface area contributed by atoms with E-state index in [9.17, 15) is 18.6 Å². The molecule has 2 N–H and O–H groups in total. The number of hydrogen-bond acceptors (Lipinski definition) is 5. The molecule has 2 aromatic carbocycles. The summed E-state index contributed by atoms with van der Waals surface area (Å²) in [4.78, 5) is 2.66. The highest BCUT2D eigenvalue weighted by Crippen LogP contribution is 2.42. The lowest BCUT2D eigenvalue weighted by atomic mass is 10.0. The van der Waals surface area contributed by atoms with Crippen LogP contribution in [0.3, 0.4) is 0 Å². The van der Waals surface area contributed by atoms with Crippen LogP contribution in [0.25, 0.3) is 0 Å². The molecule has 0 amide bonds. The van der Waals surface area contributed by atoms with Gasteiger partial charge in [-0.05, 0) is 54.5 Å². The summed E-state index contributed by atoms with van der Waals surface area (Å²) in [5.74, 6) is 0.938. The molecule has 0 radical (unpaired) electrons. The average Bonchev–Trinajstić information content (AvgIpc) is 3.22. The van der Waals surface area contributed by atoms with Crippen LogP contribution < -0.4 is 0 Å².